The third-order valence-corrected chi connectivity index (χ3v) is 4.01. The molecule has 0 amide bonds. The van der Waals surface area contributed by atoms with Crippen molar-refractivity contribution in [2.75, 3.05) is 46.4 Å². The van der Waals surface area contributed by atoms with Gasteiger partial charge in [0, 0.05) is 32.8 Å². The first-order chi connectivity index (χ1) is 10.3. The number of hydrogen-bond donors (Lipinski definition) is 2. The van der Waals surface area contributed by atoms with Crippen LogP contribution in [0.3, 0.4) is 0 Å². The van der Waals surface area contributed by atoms with Crippen molar-refractivity contribution in [3.8, 4) is 0 Å². The molecule has 1 aliphatic rings. The molecule has 1 aliphatic heterocycles. The summed E-state index contributed by atoms with van der Waals surface area (Å²) in [5, 5.41) is 6.53. The first kappa shape index (κ1) is 21.9. The second-order valence-electron chi connectivity index (χ2n) is 5.77. The summed E-state index contributed by atoms with van der Waals surface area (Å²) in [7, 11) is 1.72. The third kappa shape index (κ3) is 9.84. The molecule has 1 saturated heterocycles. The molecule has 0 radical (unpaired) electrons. The van der Waals surface area contributed by atoms with E-state index >= 15 is 0 Å². The van der Waals surface area contributed by atoms with Gasteiger partial charge in [-0.15, -0.1) is 24.0 Å². The Morgan fingerprint density at radius 1 is 1.27 bits per heavy atom. The Morgan fingerprint density at radius 2 is 2.09 bits per heavy atom. The molecule has 1 unspecified atom stereocenters. The molecule has 132 valence electrons. The molecule has 1 rings (SSSR count). The minimum absolute atomic E-state index is 0. The van der Waals surface area contributed by atoms with Crippen LogP contribution >= 0.6 is 24.0 Å². The number of ether oxygens (including phenoxy) is 1. The van der Waals surface area contributed by atoms with E-state index < -0.39 is 0 Å². The Morgan fingerprint density at radius 3 is 2.77 bits per heavy atom. The molecule has 0 aromatic carbocycles. The molecule has 1 atom stereocenters. The van der Waals surface area contributed by atoms with E-state index in [9.17, 15) is 0 Å². The van der Waals surface area contributed by atoms with Gasteiger partial charge < -0.3 is 20.3 Å². The molecule has 0 saturated carbocycles. The normalized spacial score (nSPS) is 19.6. The van der Waals surface area contributed by atoms with E-state index in [1.54, 1.807) is 7.11 Å². The maximum atomic E-state index is 5.04. The summed E-state index contributed by atoms with van der Waals surface area (Å²) in [5.74, 6) is 0.904. The third-order valence-electron chi connectivity index (χ3n) is 4.01. The van der Waals surface area contributed by atoms with Crippen molar-refractivity contribution >= 4 is 29.9 Å². The van der Waals surface area contributed by atoms with Gasteiger partial charge in [0.2, 0.25) is 0 Å². The number of methoxy groups -OCH3 is 1. The van der Waals surface area contributed by atoms with Crippen LogP contribution in [-0.4, -0.2) is 63.3 Å². The standard InChI is InChI=1S/C16H34N4O.HI/c1-4-17-16(19-11-14-21-3)18-10-6-8-13-20-12-7-5-9-15(20)2;/h15H,4-14H2,1-3H3,(H2,17,18,19);1H. The van der Waals surface area contributed by atoms with Gasteiger partial charge in [-0.25, -0.2) is 0 Å². The van der Waals surface area contributed by atoms with E-state index in [1.165, 1.54) is 38.8 Å². The predicted octanol–water partition coefficient (Wildman–Crippen LogP) is 2.46. The molecule has 0 aliphatic carbocycles. The Bertz CT molecular complexity index is 289. The van der Waals surface area contributed by atoms with Crippen LogP contribution in [0.15, 0.2) is 4.99 Å². The summed E-state index contributed by atoms with van der Waals surface area (Å²) in [5.41, 5.74) is 0. The number of aliphatic imine (C=N–C) groups is 1. The number of hydrogen-bond acceptors (Lipinski definition) is 3. The number of unbranched alkanes of at least 4 members (excludes halogenated alkanes) is 1. The lowest BCUT2D eigenvalue weighted by Crippen LogP contribution is -2.39. The van der Waals surface area contributed by atoms with Crippen molar-refractivity contribution in [1.82, 2.24) is 15.5 Å². The van der Waals surface area contributed by atoms with Crippen molar-refractivity contribution in [3.05, 3.63) is 0 Å². The summed E-state index contributed by atoms with van der Waals surface area (Å²) >= 11 is 0. The van der Waals surface area contributed by atoms with E-state index in [0.29, 0.717) is 6.61 Å². The molecule has 5 nitrogen and oxygen atoms in total. The Kier molecular flexibility index (Phi) is 14.5. The monoisotopic (exact) mass is 426 g/mol. The van der Waals surface area contributed by atoms with Crippen LogP contribution in [0.5, 0.6) is 0 Å². The minimum Gasteiger partial charge on any atom is -0.383 e. The van der Waals surface area contributed by atoms with Gasteiger partial charge in [-0.05, 0) is 52.6 Å². The van der Waals surface area contributed by atoms with E-state index in [2.05, 4.69) is 34.4 Å². The quantitative estimate of drug-likeness (QED) is 0.258. The molecular formula is C16H35IN4O. The van der Waals surface area contributed by atoms with Gasteiger partial charge in [-0.2, -0.15) is 0 Å². The van der Waals surface area contributed by atoms with Crippen LogP contribution < -0.4 is 10.6 Å². The Labute approximate surface area is 153 Å². The van der Waals surface area contributed by atoms with Gasteiger partial charge in [0.1, 0.15) is 0 Å². The Hall–Kier alpha value is -0.0800. The summed E-state index contributed by atoms with van der Waals surface area (Å²) in [4.78, 5) is 7.24. The van der Waals surface area contributed by atoms with Crippen molar-refractivity contribution in [1.29, 1.82) is 0 Å². The number of guanidine groups is 1. The van der Waals surface area contributed by atoms with E-state index in [4.69, 9.17) is 4.74 Å². The molecule has 0 spiro atoms. The summed E-state index contributed by atoms with van der Waals surface area (Å²) in [6.45, 7) is 10.3. The van der Waals surface area contributed by atoms with Crippen LogP contribution in [0.1, 0.15) is 46.0 Å². The van der Waals surface area contributed by atoms with Crippen molar-refractivity contribution in [2.45, 2.75) is 52.0 Å². The maximum Gasteiger partial charge on any atom is 0.191 e. The number of likely N-dealkylation sites (tertiary alicyclic amines) is 1. The molecule has 1 fully saturated rings. The molecule has 2 N–H and O–H groups in total. The zero-order chi connectivity index (χ0) is 15.3. The topological polar surface area (TPSA) is 48.9 Å². The minimum atomic E-state index is 0. The summed E-state index contributed by atoms with van der Waals surface area (Å²) in [6, 6.07) is 0.773. The van der Waals surface area contributed by atoms with Crippen LogP contribution in [0, 0.1) is 0 Å². The molecule has 22 heavy (non-hydrogen) atoms. The number of rotatable bonds is 9. The fourth-order valence-corrected chi connectivity index (χ4v) is 2.72. The maximum absolute atomic E-state index is 5.04. The first-order valence-corrected chi connectivity index (χ1v) is 8.53. The highest BCUT2D eigenvalue weighted by Crippen LogP contribution is 2.16. The Balaban J connectivity index is 0.00000441. The van der Waals surface area contributed by atoms with Gasteiger partial charge in [-0.3, -0.25) is 4.99 Å². The highest BCUT2D eigenvalue weighted by atomic mass is 127. The summed E-state index contributed by atoms with van der Waals surface area (Å²) < 4.78 is 5.04. The molecule has 0 aromatic heterocycles. The molecule has 0 bridgehead atoms. The van der Waals surface area contributed by atoms with Crippen LogP contribution in [-0.2, 0) is 4.74 Å². The average Bonchev–Trinajstić information content (AvgIpc) is 2.49. The van der Waals surface area contributed by atoms with Gasteiger partial charge in [0.05, 0.1) is 6.61 Å². The van der Waals surface area contributed by atoms with Crippen molar-refractivity contribution < 1.29 is 4.74 Å². The van der Waals surface area contributed by atoms with E-state index in [0.717, 1.165) is 38.1 Å². The predicted molar refractivity (Wildman–Crippen MR) is 105 cm³/mol. The largest absolute Gasteiger partial charge is 0.383 e. The van der Waals surface area contributed by atoms with Gasteiger partial charge in [0.15, 0.2) is 5.96 Å². The lowest BCUT2D eigenvalue weighted by Gasteiger charge is -2.33. The van der Waals surface area contributed by atoms with Gasteiger partial charge in [0.25, 0.3) is 0 Å². The van der Waals surface area contributed by atoms with E-state index in [-0.39, 0.29) is 24.0 Å². The van der Waals surface area contributed by atoms with E-state index in [1.807, 2.05) is 0 Å². The lowest BCUT2D eigenvalue weighted by atomic mass is 10.0. The second kappa shape index (κ2) is 14.5. The van der Waals surface area contributed by atoms with Gasteiger partial charge in [-0.1, -0.05) is 6.42 Å². The highest BCUT2D eigenvalue weighted by Gasteiger charge is 2.16. The molecule has 1 heterocycles. The number of nitrogens with zero attached hydrogens (tertiary/aromatic N) is 2. The lowest BCUT2D eigenvalue weighted by molar-refractivity contribution is 0.158. The molecular weight excluding hydrogens is 391 g/mol. The molecule has 0 aromatic rings. The number of halogens is 1. The van der Waals surface area contributed by atoms with Crippen molar-refractivity contribution in [2.24, 2.45) is 4.99 Å². The number of piperidine rings is 1. The zero-order valence-electron chi connectivity index (χ0n) is 14.6. The smallest absolute Gasteiger partial charge is 0.191 e. The SMILES string of the molecule is CCNC(=NCCCCN1CCCCC1C)NCCOC.I. The summed E-state index contributed by atoms with van der Waals surface area (Å²) in [6.07, 6.45) is 6.54. The highest BCUT2D eigenvalue weighted by molar-refractivity contribution is 14.0. The number of nitrogens with one attached hydrogen (secondary N) is 2. The molecule has 6 heteroatoms. The van der Waals surface area contributed by atoms with Crippen LogP contribution in [0.2, 0.25) is 0 Å². The van der Waals surface area contributed by atoms with Crippen LogP contribution in [0.4, 0.5) is 0 Å². The fourth-order valence-electron chi connectivity index (χ4n) is 2.72. The van der Waals surface area contributed by atoms with Crippen molar-refractivity contribution in [3.63, 3.8) is 0 Å². The fraction of sp³-hybridized carbons (Fsp3) is 0.938. The van der Waals surface area contributed by atoms with Gasteiger partial charge >= 0.3 is 0 Å². The first-order valence-electron chi connectivity index (χ1n) is 8.53. The average molecular weight is 426 g/mol. The van der Waals surface area contributed by atoms with Crippen LogP contribution in [0.25, 0.3) is 0 Å². The second-order valence-corrected chi connectivity index (χ2v) is 5.77. The zero-order valence-corrected chi connectivity index (χ0v) is 16.9.